The van der Waals surface area contributed by atoms with Gasteiger partial charge in [0.25, 0.3) is 0 Å². The first kappa shape index (κ1) is 15.5. The Labute approximate surface area is 126 Å². The van der Waals surface area contributed by atoms with Crippen LogP contribution in [0.3, 0.4) is 0 Å². The monoisotopic (exact) mass is 304 g/mol. The second-order valence-corrected chi connectivity index (χ2v) is 4.44. The number of carbonyl (C=O) groups is 2. The lowest BCUT2D eigenvalue weighted by atomic mass is 10.2. The Morgan fingerprint density at radius 2 is 2.14 bits per heavy atom. The Bertz CT molecular complexity index is 675. The maximum absolute atomic E-state index is 11.6. The van der Waals surface area contributed by atoms with Crippen molar-refractivity contribution in [3.05, 3.63) is 24.3 Å². The summed E-state index contributed by atoms with van der Waals surface area (Å²) < 4.78 is 9.84. The third-order valence-electron chi connectivity index (χ3n) is 2.78. The van der Waals surface area contributed by atoms with Crippen LogP contribution in [0.5, 0.6) is 0 Å². The van der Waals surface area contributed by atoms with E-state index in [1.165, 1.54) is 7.11 Å². The Kier molecular flexibility index (Phi) is 5.07. The summed E-state index contributed by atoms with van der Waals surface area (Å²) in [6.45, 7) is 0. The lowest BCUT2D eigenvalue weighted by Crippen LogP contribution is -2.36. The van der Waals surface area contributed by atoms with Crippen LogP contribution in [0.15, 0.2) is 33.7 Å². The number of ether oxygens (including phenoxy) is 1. The molecule has 1 aromatic carbocycles. The van der Waals surface area contributed by atoms with E-state index in [2.05, 4.69) is 20.0 Å². The van der Waals surface area contributed by atoms with Gasteiger partial charge in [-0.1, -0.05) is 12.1 Å². The van der Waals surface area contributed by atoms with E-state index in [9.17, 15) is 9.59 Å². The third kappa shape index (κ3) is 4.30. The van der Waals surface area contributed by atoms with E-state index in [1.807, 2.05) is 12.1 Å². The summed E-state index contributed by atoms with van der Waals surface area (Å²) in [5.41, 5.74) is 6.85. The molecule has 0 atom stereocenters. The molecule has 0 aliphatic carbocycles. The quantitative estimate of drug-likeness (QED) is 0.487. The molecular weight excluding hydrogens is 288 g/mol. The van der Waals surface area contributed by atoms with Crippen molar-refractivity contribution in [1.29, 1.82) is 0 Å². The van der Waals surface area contributed by atoms with Crippen LogP contribution in [0.2, 0.25) is 0 Å². The second kappa shape index (κ2) is 7.21. The van der Waals surface area contributed by atoms with Gasteiger partial charge in [0.1, 0.15) is 5.52 Å². The average molecular weight is 304 g/mol. The number of oxazole rings is 1. The van der Waals surface area contributed by atoms with Gasteiger partial charge in [-0.05, 0) is 18.6 Å². The standard InChI is InChI=1S/C14H16N4O4/c1-21-12(20)8-4-7-11(19)17-13(15)18-14-16-9-5-2-3-6-10(9)22-14/h2-3,5-6H,4,7-8H2,1H3,(H3,15,16,17,18,19). The fourth-order valence-electron chi connectivity index (χ4n) is 1.74. The molecule has 8 nitrogen and oxygen atoms in total. The van der Waals surface area contributed by atoms with Crippen molar-refractivity contribution < 1.29 is 18.7 Å². The van der Waals surface area contributed by atoms with Crippen molar-refractivity contribution in [3.8, 4) is 0 Å². The topological polar surface area (TPSA) is 120 Å². The summed E-state index contributed by atoms with van der Waals surface area (Å²) in [7, 11) is 1.30. The summed E-state index contributed by atoms with van der Waals surface area (Å²) >= 11 is 0. The fraction of sp³-hybridized carbons (Fsp3) is 0.286. The van der Waals surface area contributed by atoms with Gasteiger partial charge >= 0.3 is 12.0 Å². The summed E-state index contributed by atoms with van der Waals surface area (Å²) in [6, 6.07) is 7.23. The van der Waals surface area contributed by atoms with Crippen LogP contribution < -0.4 is 11.1 Å². The highest BCUT2D eigenvalue weighted by Crippen LogP contribution is 2.19. The number of guanidine groups is 1. The number of carbonyl (C=O) groups excluding carboxylic acids is 2. The SMILES string of the molecule is COC(=O)CCCC(=O)NC(N)=Nc1nc2ccccc2o1. The second-order valence-electron chi connectivity index (χ2n) is 4.44. The molecule has 0 saturated carbocycles. The minimum Gasteiger partial charge on any atom is -0.469 e. The number of aromatic nitrogens is 1. The van der Waals surface area contributed by atoms with Crippen LogP contribution in [0, 0.1) is 0 Å². The number of hydrogen-bond donors (Lipinski definition) is 2. The zero-order valence-corrected chi connectivity index (χ0v) is 12.0. The molecular formula is C14H16N4O4. The Balaban J connectivity index is 1.89. The zero-order chi connectivity index (χ0) is 15.9. The van der Waals surface area contributed by atoms with Gasteiger partial charge in [0.2, 0.25) is 11.9 Å². The number of para-hydroxylation sites is 2. The Hall–Kier alpha value is -2.90. The molecule has 0 radical (unpaired) electrons. The van der Waals surface area contributed by atoms with E-state index in [1.54, 1.807) is 12.1 Å². The van der Waals surface area contributed by atoms with E-state index in [0.717, 1.165) is 0 Å². The fourth-order valence-corrected chi connectivity index (χ4v) is 1.74. The Morgan fingerprint density at radius 3 is 2.86 bits per heavy atom. The number of esters is 1. The molecule has 22 heavy (non-hydrogen) atoms. The summed E-state index contributed by atoms with van der Waals surface area (Å²) in [4.78, 5) is 30.5. The molecule has 3 N–H and O–H groups in total. The number of rotatable bonds is 5. The first-order valence-corrected chi connectivity index (χ1v) is 6.65. The molecule has 0 spiro atoms. The van der Waals surface area contributed by atoms with E-state index in [0.29, 0.717) is 17.5 Å². The van der Waals surface area contributed by atoms with Crippen LogP contribution in [0.4, 0.5) is 6.01 Å². The summed E-state index contributed by atoms with van der Waals surface area (Å²) in [5.74, 6) is -0.822. The van der Waals surface area contributed by atoms with E-state index in [4.69, 9.17) is 10.2 Å². The van der Waals surface area contributed by atoms with Crippen molar-refractivity contribution in [2.45, 2.75) is 19.3 Å². The number of benzene rings is 1. The number of nitrogens with one attached hydrogen (secondary N) is 1. The summed E-state index contributed by atoms with van der Waals surface area (Å²) in [5, 5.41) is 2.40. The molecule has 1 amide bonds. The van der Waals surface area contributed by atoms with Gasteiger partial charge in [-0.15, -0.1) is 0 Å². The number of nitrogens with zero attached hydrogens (tertiary/aromatic N) is 2. The molecule has 0 unspecified atom stereocenters. The average Bonchev–Trinajstić information content (AvgIpc) is 2.88. The first-order chi connectivity index (χ1) is 10.6. The number of aliphatic imine (C=N–C) groups is 1. The molecule has 0 saturated heterocycles. The maximum atomic E-state index is 11.6. The molecule has 0 aliphatic rings. The van der Waals surface area contributed by atoms with Crippen molar-refractivity contribution in [2.24, 2.45) is 10.7 Å². The van der Waals surface area contributed by atoms with Crippen molar-refractivity contribution in [3.63, 3.8) is 0 Å². The third-order valence-corrected chi connectivity index (χ3v) is 2.78. The Morgan fingerprint density at radius 1 is 1.36 bits per heavy atom. The highest BCUT2D eigenvalue weighted by Gasteiger charge is 2.08. The van der Waals surface area contributed by atoms with E-state index in [-0.39, 0.29) is 36.7 Å². The lowest BCUT2D eigenvalue weighted by Gasteiger charge is -2.02. The van der Waals surface area contributed by atoms with Gasteiger partial charge in [0.15, 0.2) is 5.58 Å². The van der Waals surface area contributed by atoms with Gasteiger partial charge < -0.3 is 14.9 Å². The molecule has 116 valence electrons. The van der Waals surface area contributed by atoms with Crippen molar-refractivity contribution >= 4 is 35.0 Å². The van der Waals surface area contributed by atoms with Crippen LogP contribution in [-0.2, 0) is 14.3 Å². The molecule has 1 heterocycles. The van der Waals surface area contributed by atoms with Crippen LogP contribution in [0.25, 0.3) is 11.1 Å². The molecule has 0 bridgehead atoms. The number of nitrogens with two attached hydrogens (primary N) is 1. The predicted molar refractivity (Wildman–Crippen MR) is 79.3 cm³/mol. The van der Waals surface area contributed by atoms with Crippen molar-refractivity contribution in [1.82, 2.24) is 10.3 Å². The zero-order valence-electron chi connectivity index (χ0n) is 12.0. The maximum Gasteiger partial charge on any atom is 0.325 e. The summed E-state index contributed by atoms with van der Waals surface area (Å²) in [6.07, 6.45) is 0.680. The van der Waals surface area contributed by atoms with Gasteiger partial charge in [0, 0.05) is 12.8 Å². The van der Waals surface area contributed by atoms with Crippen LogP contribution in [-0.4, -0.2) is 29.9 Å². The highest BCUT2D eigenvalue weighted by atomic mass is 16.5. The lowest BCUT2D eigenvalue weighted by molar-refractivity contribution is -0.140. The number of hydrogen-bond acceptors (Lipinski definition) is 6. The minimum absolute atomic E-state index is 0.0635. The predicted octanol–water partition coefficient (Wildman–Crippen LogP) is 1.23. The minimum atomic E-state index is -0.360. The van der Waals surface area contributed by atoms with E-state index >= 15 is 0 Å². The first-order valence-electron chi connectivity index (χ1n) is 6.65. The van der Waals surface area contributed by atoms with Gasteiger partial charge in [0.05, 0.1) is 7.11 Å². The smallest absolute Gasteiger partial charge is 0.325 e. The van der Waals surface area contributed by atoms with Crippen LogP contribution >= 0.6 is 0 Å². The van der Waals surface area contributed by atoms with Crippen molar-refractivity contribution in [2.75, 3.05) is 7.11 Å². The van der Waals surface area contributed by atoms with Gasteiger partial charge in [-0.2, -0.15) is 9.98 Å². The van der Waals surface area contributed by atoms with Crippen LogP contribution in [0.1, 0.15) is 19.3 Å². The molecule has 1 aromatic heterocycles. The number of fused-ring (bicyclic) bond motifs is 1. The molecule has 8 heteroatoms. The molecule has 2 aromatic rings. The van der Waals surface area contributed by atoms with Gasteiger partial charge in [-0.25, -0.2) is 0 Å². The molecule has 0 fully saturated rings. The molecule has 0 aliphatic heterocycles. The van der Waals surface area contributed by atoms with E-state index < -0.39 is 0 Å². The number of methoxy groups -OCH3 is 1. The largest absolute Gasteiger partial charge is 0.469 e. The highest BCUT2D eigenvalue weighted by molar-refractivity contribution is 5.97. The number of amides is 1. The molecule has 2 rings (SSSR count). The van der Waals surface area contributed by atoms with Gasteiger partial charge in [-0.3, -0.25) is 14.9 Å². The normalized spacial score (nSPS) is 11.4.